The van der Waals surface area contributed by atoms with Gasteiger partial charge in [-0.05, 0) is 36.6 Å². The van der Waals surface area contributed by atoms with Crippen LogP contribution in [0.1, 0.15) is 30.5 Å². The topological polar surface area (TPSA) is 55.1 Å². The van der Waals surface area contributed by atoms with E-state index >= 15 is 0 Å². The molecule has 0 saturated heterocycles. The van der Waals surface area contributed by atoms with Crippen LogP contribution in [-0.2, 0) is 11.2 Å². The molecule has 3 nitrogen and oxygen atoms in total. The molecule has 0 aliphatic carbocycles. The molecular weight excluding hydrogens is 248 g/mol. The van der Waals surface area contributed by atoms with E-state index in [0.29, 0.717) is 12.1 Å². The Morgan fingerprint density at radius 1 is 1.15 bits per heavy atom. The van der Waals surface area contributed by atoms with Gasteiger partial charge in [-0.3, -0.25) is 4.79 Å². The van der Waals surface area contributed by atoms with Crippen molar-refractivity contribution in [3.63, 3.8) is 0 Å². The lowest BCUT2D eigenvalue weighted by Gasteiger charge is -2.14. The van der Waals surface area contributed by atoms with Crippen LogP contribution < -0.4 is 11.1 Å². The molecule has 104 valence electrons. The SMILES string of the molecule is CC(NC(=O)CCc1ccccc1)c1cccc(N)c1. The van der Waals surface area contributed by atoms with Gasteiger partial charge in [0.05, 0.1) is 6.04 Å². The maximum Gasteiger partial charge on any atom is 0.220 e. The number of nitrogen functional groups attached to an aromatic ring is 1. The molecule has 2 aromatic carbocycles. The Kier molecular flexibility index (Phi) is 4.77. The summed E-state index contributed by atoms with van der Waals surface area (Å²) in [6.07, 6.45) is 1.26. The van der Waals surface area contributed by atoms with Crippen molar-refractivity contribution in [3.05, 3.63) is 65.7 Å². The van der Waals surface area contributed by atoms with E-state index in [-0.39, 0.29) is 11.9 Å². The van der Waals surface area contributed by atoms with Crippen LogP contribution in [0.25, 0.3) is 0 Å². The van der Waals surface area contributed by atoms with Crippen molar-refractivity contribution in [1.82, 2.24) is 5.32 Å². The van der Waals surface area contributed by atoms with Crippen molar-refractivity contribution in [1.29, 1.82) is 0 Å². The number of aryl methyl sites for hydroxylation is 1. The fourth-order valence-corrected chi connectivity index (χ4v) is 2.13. The highest BCUT2D eigenvalue weighted by molar-refractivity contribution is 5.76. The normalized spacial score (nSPS) is 11.8. The van der Waals surface area contributed by atoms with Crippen molar-refractivity contribution < 1.29 is 4.79 Å². The van der Waals surface area contributed by atoms with E-state index in [9.17, 15) is 4.79 Å². The van der Waals surface area contributed by atoms with Crippen molar-refractivity contribution in [2.75, 3.05) is 5.73 Å². The molecule has 0 aromatic heterocycles. The number of rotatable bonds is 5. The largest absolute Gasteiger partial charge is 0.399 e. The molecule has 0 fully saturated rings. The van der Waals surface area contributed by atoms with Gasteiger partial charge in [-0.15, -0.1) is 0 Å². The predicted octanol–water partition coefficient (Wildman–Crippen LogP) is 3.08. The number of nitrogens with one attached hydrogen (secondary N) is 1. The highest BCUT2D eigenvalue weighted by Crippen LogP contribution is 2.15. The van der Waals surface area contributed by atoms with Crippen molar-refractivity contribution >= 4 is 11.6 Å². The Balaban J connectivity index is 1.85. The molecule has 0 spiro atoms. The molecule has 0 aliphatic rings. The molecular formula is C17H20N2O. The third kappa shape index (κ3) is 4.12. The molecule has 0 aliphatic heterocycles. The van der Waals surface area contributed by atoms with Gasteiger partial charge in [0.25, 0.3) is 0 Å². The first kappa shape index (κ1) is 14.1. The maximum atomic E-state index is 11.9. The van der Waals surface area contributed by atoms with Crippen LogP contribution in [0.15, 0.2) is 54.6 Å². The van der Waals surface area contributed by atoms with Crippen molar-refractivity contribution in [2.24, 2.45) is 0 Å². The molecule has 1 unspecified atom stereocenters. The van der Waals surface area contributed by atoms with Gasteiger partial charge in [0.1, 0.15) is 0 Å². The highest BCUT2D eigenvalue weighted by Gasteiger charge is 2.09. The first-order chi connectivity index (χ1) is 9.65. The summed E-state index contributed by atoms with van der Waals surface area (Å²) in [6.45, 7) is 1.97. The Morgan fingerprint density at radius 2 is 1.90 bits per heavy atom. The number of amides is 1. The van der Waals surface area contributed by atoms with Gasteiger partial charge in [0.15, 0.2) is 0 Å². The summed E-state index contributed by atoms with van der Waals surface area (Å²) in [5, 5.41) is 3.00. The van der Waals surface area contributed by atoms with Crippen LogP contribution in [0.4, 0.5) is 5.69 Å². The summed E-state index contributed by atoms with van der Waals surface area (Å²) in [4.78, 5) is 11.9. The number of benzene rings is 2. The Bertz CT molecular complexity index is 566. The fraction of sp³-hybridized carbons (Fsp3) is 0.235. The fourth-order valence-electron chi connectivity index (χ4n) is 2.13. The number of hydrogen-bond acceptors (Lipinski definition) is 2. The summed E-state index contributed by atoms with van der Waals surface area (Å²) in [5.74, 6) is 0.0591. The van der Waals surface area contributed by atoms with E-state index in [4.69, 9.17) is 5.73 Å². The van der Waals surface area contributed by atoms with E-state index in [1.165, 1.54) is 5.56 Å². The van der Waals surface area contributed by atoms with Gasteiger partial charge >= 0.3 is 0 Å². The van der Waals surface area contributed by atoms with E-state index < -0.39 is 0 Å². The first-order valence-electron chi connectivity index (χ1n) is 6.84. The first-order valence-corrected chi connectivity index (χ1v) is 6.84. The molecule has 1 atom stereocenters. The van der Waals surface area contributed by atoms with E-state index in [1.54, 1.807) is 0 Å². The van der Waals surface area contributed by atoms with Crippen LogP contribution in [-0.4, -0.2) is 5.91 Å². The predicted molar refractivity (Wildman–Crippen MR) is 82.2 cm³/mol. The summed E-state index contributed by atoms with van der Waals surface area (Å²) >= 11 is 0. The quantitative estimate of drug-likeness (QED) is 0.819. The number of carbonyl (C=O) groups excluding carboxylic acids is 1. The minimum absolute atomic E-state index is 0.0261. The van der Waals surface area contributed by atoms with Crippen LogP contribution in [0, 0.1) is 0 Å². The van der Waals surface area contributed by atoms with E-state index in [0.717, 1.165) is 12.0 Å². The third-order valence-electron chi connectivity index (χ3n) is 3.27. The second-order valence-corrected chi connectivity index (χ2v) is 4.94. The van der Waals surface area contributed by atoms with E-state index in [2.05, 4.69) is 5.32 Å². The summed E-state index contributed by atoms with van der Waals surface area (Å²) in [5.41, 5.74) is 8.67. The van der Waals surface area contributed by atoms with Gasteiger partial charge in [-0.25, -0.2) is 0 Å². The zero-order chi connectivity index (χ0) is 14.4. The molecule has 2 aromatic rings. The molecule has 0 radical (unpaired) electrons. The van der Waals surface area contributed by atoms with Crippen LogP contribution in [0.5, 0.6) is 0 Å². The number of carbonyl (C=O) groups is 1. The van der Waals surface area contributed by atoms with Crippen LogP contribution >= 0.6 is 0 Å². The van der Waals surface area contributed by atoms with Gasteiger partial charge in [0, 0.05) is 12.1 Å². The van der Waals surface area contributed by atoms with E-state index in [1.807, 2.05) is 61.5 Å². The zero-order valence-electron chi connectivity index (χ0n) is 11.7. The van der Waals surface area contributed by atoms with Gasteiger partial charge < -0.3 is 11.1 Å². The second-order valence-electron chi connectivity index (χ2n) is 4.94. The lowest BCUT2D eigenvalue weighted by atomic mass is 10.1. The minimum atomic E-state index is -0.0261. The molecule has 0 saturated carbocycles. The molecule has 0 heterocycles. The van der Waals surface area contributed by atoms with Gasteiger partial charge in [-0.1, -0.05) is 42.5 Å². The zero-order valence-corrected chi connectivity index (χ0v) is 11.7. The molecule has 3 N–H and O–H groups in total. The monoisotopic (exact) mass is 268 g/mol. The molecule has 0 bridgehead atoms. The lowest BCUT2D eigenvalue weighted by Crippen LogP contribution is -2.26. The Hall–Kier alpha value is -2.29. The number of hydrogen-bond donors (Lipinski definition) is 2. The molecule has 3 heteroatoms. The Labute approximate surface area is 119 Å². The Morgan fingerprint density at radius 3 is 2.60 bits per heavy atom. The minimum Gasteiger partial charge on any atom is -0.399 e. The number of nitrogens with two attached hydrogens (primary N) is 1. The third-order valence-corrected chi connectivity index (χ3v) is 3.27. The second kappa shape index (κ2) is 6.75. The molecule has 2 rings (SSSR count). The van der Waals surface area contributed by atoms with Crippen LogP contribution in [0.2, 0.25) is 0 Å². The summed E-state index contributed by atoms with van der Waals surface area (Å²) in [7, 11) is 0. The molecule has 20 heavy (non-hydrogen) atoms. The average molecular weight is 268 g/mol. The van der Waals surface area contributed by atoms with Gasteiger partial charge in [-0.2, -0.15) is 0 Å². The van der Waals surface area contributed by atoms with Crippen LogP contribution in [0.3, 0.4) is 0 Å². The smallest absolute Gasteiger partial charge is 0.220 e. The number of anilines is 1. The lowest BCUT2D eigenvalue weighted by molar-refractivity contribution is -0.121. The summed E-state index contributed by atoms with van der Waals surface area (Å²) < 4.78 is 0. The molecule has 1 amide bonds. The maximum absolute atomic E-state index is 11.9. The highest BCUT2D eigenvalue weighted by atomic mass is 16.1. The van der Waals surface area contributed by atoms with Crippen molar-refractivity contribution in [3.8, 4) is 0 Å². The average Bonchev–Trinajstić information content (AvgIpc) is 2.46. The standard InChI is InChI=1S/C17H20N2O/c1-13(15-8-5-9-16(18)12-15)19-17(20)11-10-14-6-3-2-4-7-14/h2-9,12-13H,10-11,18H2,1H3,(H,19,20). The van der Waals surface area contributed by atoms with Crippen molar-refractivity contribution in [2.45, 2.75) is 25.8 Å². The van der Waals surface area contributed by atoms with Gasteiger partial charge in [0.2, 0.25) is 5.91 Å². The summed E-state index contributed by atoms with van der Waals surface area (Å²) in [6, 6.07) is 17.6.